The first-order chi connectivity index (χ1) is 13.2. The van der Waals surface area contributed by atoms with Crippen LogP contribution in [-0.4, -0.2) is 22.5 Å². The molecule has 3 aromatic heterocycles. The molecule has 7 heteroatoms. The van der Waals surface area contributed by atoms with E-state index in [-0.39, 0.29) is 12.5 Å². The van der Waals surface area contributed by atoms with Gasteiger partial charge in [0.25, 0.3) is 5.91 Å². The highest BCUT2D eigenvalue weighted by atomic mass is 32.1. The van der Waals surface area contributed by atoms with Gasteiger partial charge in [-0.25, -0.2) is 4.98 Å². The van der Waals surface area contributed by atoms with Gasteiger partial charge in [-0.3, -0.25) is 4.79 Å². The van der Waals surface area contributed by atoms with Crippen LogP contribution in [0.1, 0.15) is 20.9 Å². The second-order valence-electron chi connectivity index (χ2n) is 5.94. The molecule has 0 aliphatic rings. The third-order valence-electron chi connectivity index (χ3n) is 4.19. The van der Waals surface area contributed by atoms with Gasteiger partial charge in [0.15, 0.2) is 0 Å². The molecular weight excluding hydrogens is 396 g/mol. The molecule has 4 rings (SSSR count). The summed E-state index contributed by atoms with van der Waals surface area (Å²) >= 11 is 4.41. The minimum atomic E-state index is -1.25. The summed E-state index contributed by atoms with van der Waals surface area (Å²) in [5.74, 6) is -0.293. The zero-order chi connectivity index (χ0) is 18.7. The van der Waals surface area contributed by atoms with Crippen molar-refractivity contribution in [3.63, 3.8) is 0 Å². The molecule has 0 saturated heterocycles. The number of rotatable bonds is 6. The van der Waals surface area contributed by atoms with Crippen molar-refractivity contribution in [3.8, 4) is 10.6 Å². The molecule has 0 radical (unpaired) electrons. The molecule has 0 spiro atoms. The van der Waals surface area contributed by atoms with Gasteiger partial charge in [-0.2, -0.15) is 11.3 Å². The van der Waals surface area contributed by atoms with Gasteiger partial charge in [-0.05, 0) is 28.3 Å². The maximum Gasteiger partial charge on any atom is 0.270 e. The number of aromatic nitrogens is 1. The summed E-state index contributed by atoms with van der Waals surface area (Å²) in [6.07, 6.45) is 0. The molecule has 1 atom stereocenters. The van der Waals surface area contributed by atoms with E-state index in [0.717, 1.165) is 21.0 Å². The molecule has 1 unspecified atom stereocenters. The number of carbonyl (C=O) groups excluding carboxylic acids is 1. The summed E-state index contributed by atoms with van der Waals surface area (Å²) in [6, 6.07) is 15.4. The van der Waals surface area contributed by atoms with E-state index in [4.69, 9.17) is 0 Å². The van der Waals surface area contributed by atoms with Gasteiger partial charge in [0.05, 0.1) is 6.54 Å². The smallest absolute Gasteiger partial charge is 0.270 e. The van der Waals surface area contributed by atoms with Crippen LogP contribution in [0.4, 0.5) is 0 Å². The third-order valence-corrected chi connectivity index (χ3v) is 6.79. The third kappa shape index (κ3) is 3.72. The number of hydrogen-bond acceptors (Lipinski definition) is 6. The van der Waals surface area contributed by atoms with Crippen molar-refractivity contribution in [2.45, 2.75) is 5.60 Å². The van der Waals surface area contributed by atoms with E-state index in [1.54, 1.807) is 5.38 Å². The number of hydrogen-bond donors (Lipinski definition) is 2. The standard InChI is InChI=1S/C20H16N2O2S3/c23-18(16-12-27-19(22-16)14-5-2-1-3-6-14)21-13-20(24,15-8-10-25-11-15)17-7-4-9-26-17/h1-12,24H,13H2,(H,21,23). The number of thiophene rings is 2. The van der Waals surface area contributed by atoms with E-state index in [1.165, 1.54) is 34.0 Å². The first kappa shape index (κ1) is 18.1. The van der Waals surface area contributed by atoms with Crippen LogP contribution in [-0.2, 0) is 5.60 Å². The van der Waals surface area contributed by atoms with E-state index in [0.29, 0.717) is 5.69 Å². The van der Waals surface area contributed by atoms with Crippen LogP contribution in [0.5, 0.6) is 0 Å². The molecule has 4 aromatic rings. The fraction of sp³-hybridized carbons (Fsp3) is 0.100. The Morgan fingerprint density at radius 3 is 2.59 bits per heavy atom. The summed E-state index contributed by atoms with van der Waals surface area (Å²) in [4.78, 5) is 17.8. The molecule has 0 fully saturated rings. The Hall–Kier alpha value is -2.32. The van der Waals surface area contributed by atoms with Gasteiger partial charge >= 0.3 is 0 Å². The lowest BCUT2D eigenvalue weighted by Gasteiger charge is -2.26. The molecule has 27 heavy (non-hydrogen) atoms. The molecule has 0 aliphatic heterocycles. The highest BCUT2D eigenvalue weighted by Gasteiger charge is 2.34. The average Bonchev–Trinajstić information content (AvgIpc) is 3.48. The summed E-state index contributed by atoms with van der Waals surface area (Å²) in [5.41, 5.74) is 0.869. The van der Waals surface area contributed by atoms with E-state index >= 15 is 0 Å². The maximum absolute atomic E-state index is 12.6. The van der Waals surface area contributed by atoms with Gasteiger partial charge < -0.3 is 10.4 Å². The molecule has 3 heterocycles. The Morgan fingerprint density at radius 1 is 1.04 bits per heavy atom. The molecule has 0 bridgehead atoms. The lowest BCUT2D eigenvalue weighted by molar-refractivity contribution is 0.0718. The van der Waals surface area contributed by atoms with Crippen molar-refractivity contribution in [2.75, 3.05) is 6.54 Å². The quantitative estimate of drug-likeness (QED) is 0.487. The van der Waals surface area contributed by atoms with E-state index < -0.39 is 5.60 Å². The first-order valence-corrected chi connectivity index (χ1v) is 11.0. The molecule has 1 aromatic carbocycles. The van der Waals surface area contributed by atoms with Gasteiger partial charge in [0.1, 0.15) is 16.3 Å². The SMILES string of the molecule is O=C(NCC(O)(c1ccsc1)c1cccs1)c1csc(-c2ccccc2)n1. The molecule has 4 nitrogen and oxygen atoms in total. The molecule has 2 N–H and O–H groups in total. The fourth-order valence-corrected chi connectivity index (χ4v) is 5.11. The summed E-state index contributed by atoms with van der Waals surface area (Å²) in [7, 11) is 0. The number of thiazole rings is 1. The number of nitrogens with zero attached hydrogens (tertiary/aromatic N) is 1. The van der Waals surface area contributed by atoms with Crippen LogP contribution >= 0.6 is 34.0 Å². The predicted octanol–water partition coefficient (Wildman–Crippen LogP) is 4.60. The Bertz CT molecular complexity index is 975. The van der Waals surface area contributed by atoms with Crippen LogP contribution in [0.15, 0.2) is 70.1 Å². The second-order valence-corrected chi connectivity index (χ2v) is 8.52. The van der Waals surface area contributed by atoms with Gasteiger partial charge in [-0.1, -0.05) is 36.4 Å². The highest BCUT2D eigenvalue weighted by molar-refractivity contribution is 7.13. The van der Waals surface area contributed by atoms with Gasteiger partial charge in [0.2, 0.25) is 0 Å². The Morgan fingerprint density at radius 2 is 1.89 bits per heavy atom. The van der Waals surface area contributed by atoms with E-state index in [9.17, 15) is 9.90 Å². The van der Waals surface area contributed by atoms with Gasteiger partial charge in [-0.15, -0.1) is 22.7 Å². The average molecular weight is 413 g/mol. The van der Waals surface area contributed by atoms with Gasteiger partial charge in [0, 0.05) is 21.4 Å². The highest BCUT2D eigenvalue weighted by Crippen LogP contribution is 2.33. The second kappa shape index (κ2) is 7.74. The lowest BCUT2D eigenvalue weighted by atomic mass is 9.94. The molecule has 136 valence electrons. The minimum absolute atomic E-state index is 0.0846. The molecular formula is C20H16N2O2S3. The van der Waals surface area contributed by atoms with Crippen LogP contribution in [0.25, 0.3) is 10.6 Å². The first-order valence-electron chi connectivity index (χ1n) is 8.25. The van der Waals surface area contributed by atoms with Crippen LogP contribution < -0.4 is 5.32 Å². The van der Waals surface area contributed by atoms with Crippen LogP contribution in [0.2, 0.25) is 0 Å². The zero-order valence-corrected chi connectivity index (χ0v) is 16.6. The fourth-order valence-electron chi connectivity index (χ4n) is 2.74. The Labute approximate surface area is 168 Å². The maximum atomic E-state index is 12.6. The van der Waals surface area contributed by atoms with Crippen molar-refractivity contribution in [1.82, 2.24) is 10.3 Å². The number of aliphatic hydroxyl groups is 1. The van der Waals surface area contributed by atoms with Crippen molar-refractivity contribution in [3.05, 3.63) is 86.2 Å². The van der Waals surface area contributed by atoms with E-state index in [2.05, 4.69) is 10.3 Å². The topological polar surface area (TPSA) is 62.2 Å². The van der Waals surface area contributed by atoms with Crippen molar-refractivity contribution in [2.24, 2.45) is 0 Å². The van der Waals surface area contributed by atoms with Crippen LogP contribution in [0, 0.1) is 0 Å². The van der Waals surface area contributed by atoms with Crippen LogP contribution in [0.3, 0.4) is 0 Å². The lowest BCUT2D eigenvalue weighted by Crippen LogP contribution is -2.41. The normalized spacial score (nSPS) is 13.2. The predicted molar refractivity (Wildman–Crippen MR) is 112 cm³/mol. The number of nitrogens with one attached hydrogen (secondary N) is 1. The minimum Gasteiger partial charge on any atom is -0.378 e. The Balaban J connectivity index is 1.52. The number of carbonyl (C=O) groups is 1. The monoisotopic (exact) mass is 412 g/mol. The summed E-state index contributed by atoms with van der Waals surface area (Å²) < 4.78 is 0. The zero-order valence-electron chi connectivity index (χ0n) is 14.2. The van der Waals surface area contributed by atoms with E-state index in [1.807, 2.05) is 64.7 Å². The molecule has 0 saturated carbocycles. The molecule has 0 aliphatic carbocycles. The van der Waals surface area contributed by atoms with Crippen molar-refractivity contribution < 1.29 is 9.90 Å². The largest absolute Gasteiger partial charge is 0.378 e. The Kier molecular flexibility index (Phi) is 5.18. The molecule has 1 amide bonds. The number of benzene rings is 1. The summed E-state index contributed by atoms with van der Waals surface area (Å²) in [6.45, 7) is 0.0846. The number of amides is 1. The summed E-state index contributed by atoms with van der Waals surface area (Å²) in [5, 5.41) is 22.4. The van der Waals surface area contributed by atoms with Crippen molar-refractivity contribution in [1.29, 1.82) is 0 Å². The van der Waals surface area contributed by atoms with Crippen molar-refractivity contribution >= 4 is 39.9 Å².